The highest BCUT2D eigenvalue weighted by atomic mass is 35.5. The molecule has 0 unspecified atom stereocenters. The normalized spacial score (nSPS) is 11.4. The van der Waals surface area contributed by atoms with Gasteiger partial charge in [-0.25, -0.2) is 0 Å². The molecule has 1 aromatic rings. The second-order valence-corrected chi connectivity index (χ2v) is 4.97. The molecule has 0 heterocycles. The lowest BCUT2D eigenvalue weighted by molar-refractivity contribution is 0.192. The Morgan fingerprint density at radius 1 is 1.25 bits per heavy atom. The summed E-state index contributed by atoms with van der Waals surface area (Å²) in [6, 6.07) is 7.81. The van der Waals surface area contributed by atoms with E-state index in [0.29, 0.717) is 6.54 Å². The molecule has 5 heteroatoms. The molecule has 112 valence electrons. The molecule has 1 aromatic carbocycles. The van der Waals surface area contributed by atoms with Gasteiger partial charge in [0.15, 0.2) is 5.96 Å². The average Bonchev–Trinajstić information content (AvgIpc) is 2.46. The first-order chi connectivity index (χ1) is 9.76. The van der Waals surface area contributed by atoms with E-state index in [1.807, 2.05) is 24.3 Å². The number of nitrogens with one attached hydrogen (secondary N) is 2. The zero-order valence-corrected chi connectivity index (χ0v) is 13.0. The Kier molecular flexibility index (Phi) is 8.83. The van der Waals surface area contributed by atoms with E-state index in [9.17, 15) is 0 Å². The number of nitrogens with zero attached hydrogens (tertiary/aromatic N) is 1. The standard InChI is InChI=1S/C15H24ClN3O/c1-17-15(18-9-4-3-5-10-20-2)19-12-13-7-6-8-14(16)11-13/h6-8,11H,3-5,9-10,12H2,1-2H3,(H2,17,18,19). The Morgan fingerprint density at radius 3 is 2.80 bits per heavy atom. The van der Waals surface area contributed by atoms with Crippen molar-refractivity contribution in [3.63, 3.8) is 0 Å². The van der Waals surface area contributed by atoms with Gasteiger partial charge in [0, 0.05) is 38.9 Å². The Morgan fingerprint density at radius 2 is 2.10 bits per heavy atom. The summed E-state index contributed by atoms with van der Waals surface area (Å²) in [7, 11) is 3.51. The molecule has 0 aliphatic heterocycles. The zero-order valence-electron chi connectivity index (χ0n) is 12.3. The number of hydrogen-bond acceptors (Lipinski definition) is 2. The number of rotatable bonds is 8. The number of benzene rings is 1. The molecule has 0 bridgehead atoms. The van der Waals surface area contributed by atoms with E-state index in [2.05, 4.69) is 15.6 Å². The largest absolute Gasteiger partial charge is 0.385 e. The molecule has 0 spiro atoms. The molecule has 20 heavy (non-hydrogen) atoms. The number of methoxy groups -OCH3 is 1. The molecule has 0 aliphatic carbocycles. The summed E-state index contributed by atoms with van der Waals surface area (Å²) in [6.45, 7) is 2.46. The second kappa shape index (κ2) is 10.5. The average molecular weight is 298 g/mol. The fourth-order valence-corrected chi connectivity index (χ4v) is 2.02. The minimum Gasteiger partial charge on any atom is -0.385 e. The SMILES string of the molecule is CN=C(NCCCCCOC)NCc1cccc(Cl)c1. The number of guanidine groups is 1. The Labute approximate surface area is 126 Å². The molecular weight excluding hydrogens is 274 g/mol. The van der Waals surface area contributed by atoms with Gasteiger partial charge in [-0.05, 0) is 37.0 Å². The smallest absolute Gasteiger partial charge is 0.191 e. The van der Waals surface area contributed by atoms with Gasteiger partial charge in [0.1, 0.15) is 0 Å². The number of aliphatic imine (C=N–C) groups is 1. The maximum Gasteiger partial charge on any atom is 0.191 e. The predicted molar refractivity (Wildman–Crippen MR) is 85.4 cm³/mol. The van der Waals surface area contributed by atoms with Crippen molar-refractivity contribution in [1.82, 2.24) is 10.6 Å². The highest BCUT2D eigenvalue weighted by molar-refractivity contribution is 6.30. The summed E-state index contributed by atoms with van der Waals surface area (Å²) in [5.74, 6) is 0.816. The van der Waals surface area contributed by atoms with Crippen LogP contribution < -0.4 is 10.6 Å². The molecule has 0 saturated heterocycles. The van der Waals surface area contributed by atoms with Crippen LogP contribution in [0.2, 0.25) is 5.02 Å². The first-order valence-electron chi connectivity index (χ1n) is 6.94. The van der Waals surface area contributed by atoms with Crippen molar-refractivity contribution in [2.75, 3.05) is 27.3 Å². The minimum atomic E-state index is 0.712. The van der Waals surface area contributed by atoms with Gasteiger partial charge in [-0.1, -0.05) is 23.7 Å². The lowest BCUT2D eigenvalue weighted by atomic mass is 10.2. The molecule has 0 fully saturated rings. The fourth-order valence-electron chi connectivity index (χ4n) is 1.81. The van der Waals surface area contributed by atoms with E-state index >= 15 is 0 Å². The summed E-state index contributed by atoms with van der Waals surface area (Å²) in [5, 5.41) is 7.32. The van der Waals surface area contributed by atoms with Crippen molar-refractivity contribution in [3.8, 4) is 0 Å². The highest BCUT2D eigenvalue weighted by Gasteiger charge is 1.98. The van der Waals surface area contributed by atoms with Crippen LogP contribution in [-0.2, 0) is 11.3 Å². The Bertz CT molecular complexity index is 410. The summed E-state index contributed by atoms with van der Waals surface area (Å²) < 4.78 is 5.02. The molecule has 0 aromatic heterocycles. The summed E-state index contributed by atoms with van der Waals surface area (Å²) >= 11 is 5.95. The minimum absolute atomic E-state index is 0.712. The van der Waals surface area contributed by atoms with E-state index in [-0.39, 0.29) is 0 Å². The molecular formula is C15H24ClN3O. The van der Waals surface area contributed by atoms with Crippen LogP contribution in [0.5, 0.6) is 0 Å². The van der Waals surface area contributed by atoms with E-state index in [1.165, 1.54) is 0 Å². The highest BCUT2D eigenvalue weighted by Crippen LogP contribution is 2.10. The van der Waals surface area contributed by atoms with Gasteiger partial charge in [0.25, 0.3) is 0 Å². The topological polar surface area (TPSA) is 45.7 Å². The third-order valence-electron chi connectivity index (χ3n) is 2.89. The van der Waals surface area contributed by atoms with Gasteiger partial charge >= 0.3 is 0 Å². The van der Waals surface area contributed by atoms with Crippen molar-refractivity contribution in [2.24, 2.45) is 4.99 Å². The Balaban J connectivity index is 2.20. The number of halogens is 1. The molecule has 2 N–H and O–H groups in total. The van der Waals surface area contributed by atoms with Crippen molar-refractivity contribution in [3.05, 3.63) is 34.9 Å². The lowest BCUT2D eigenvalue weighted by Crippen LogP contribution is -2.37. The maximum atomic E-state index is 5.95. The monoisotopic (exact) mass is 297 g/mol. The van der Waals surface area contributed by atoms with Crippen molar-refractivity contribution in [1.29, 1.82) is 0 Å². The van der Waals surface area contributed by atoms with Crippen LogP contribution in [0.15, 0.2) is 29.3 Å². The van der Waals surface area contributed by atoms with E-state index in [4.69, 9.17) is 16.3 Å². The van der Waals surface area contributed by atoms with Crippen LogP contribution in [0.25, 0.3) is 0 Å². The first-order valence-corrected chi connectivity index (χ1v) is 7.32. The van der Waals surface area contributed by atoms with Crippen LogP contribution in [0, 0.1) is 0 Å². The number of ether oxygens (including phenoxy) is 1. The predicted octanol–water partition coefficient (Wildman–Crippen LogP) is 2.82. The zero-order chi connectivity index (χ0) is 14.6. The first kappa shape index (κ1) is 16.8. The second-order valence-electron chi connectivity index (χ2n) is 4.54. The van der Waals surface area contributed by atoms with Gasteiger partial charge in [-0.3, -0.25) is 4.99 Å². The van der Waals surface area contributed by atoms with Crippen molar-refractivity contribution < 1.29 is 4.74 Å². The van der Waals surface area contributed by atoms with E-state index in [1.54, 1.807) is 14.2 Å². The molecule has 1 rings (SSSR count). The number of hydrogen-bond donors (Lipinski definition) is 2. The quantitative estimate of drug-likeness (QED) is 0.441. The summed E-state index contributed by atoms with van der Waals surface area (Å²) in [6.07, 6.45) is 3.38. The van der Waals surface area contributed by atoms with Gasteiger partial charge < -0.3 is 15.4 Å². The third-order valence-corrected chi connectivity index (χ3v) is 3.13. The number of unbranched alkanes of at least 4 members (excludes halogenated alkanes) is 2. The molecule has 0 saturated carbocycles. The van der Waals surface area contributed by atoms with E-state index in [0.717, 1.165) is 49.0 Å². The van der Waals surface area contributed by atoms with Crippen LogP contribution in [0.1, 0.15) is 24.8 Å². The summed E-state index contributed by atoms with van der Waals surface area (Å²) in [4.78, 5) is 4.20. The van der Waals surface area contributed by atoms with Crippen LogP contribution in [0.3, 0.4) is 0 Å². The van der Waals surface area contributed by atoms with Crippen LogP contribution in [-0.4, -0.2) is 33.3 Å². The Hall–Kier alpha value is -1.26. The van der Waals surface area contributed by atoms with Crippen LogP contribution >= 0.6 is 11.6 Å². The van der Waals surface area contributed by atoms with Gasteiger partial charge in [-0.2, -0.15) is 0 Å². The molecule has 0 atom stereocenters. The molecule has 0 aliphatic rings. The van der Waals surface area contributed by atoms with Crippen LogP contribution in [0.4, 0.5) is 0 Å². The fraction of sp³-hybridized carbons (Fsp3) is 0.533. The van der Waals surface area contributed by atoms with E-state index < -0.39 is 0 Å². The lowest BCUT2D eigenvalue weighted by Gasteiger charge is -2.12. The van der Waals surface area contributed by atoms with Crippen molar-refractivity contribution >= 4 is 17.6 Å². The van der Waals surface area contributed by atoms with Gasteiger partial charge in [-0.15, -0.1) is 0 Å². The van der Waals surface area contributed by atoms with Crippen molar-refractivity contribution in [2.45, 2.75) is 25.8 Å². The van der Waals surface area contributed by atoms with Gasteiger partial charge in [0.2, 0.25) is 0 Å². The molecule has 0 amide bonds. The maximum absolute atomic E-state index is 5.95. The molecule has 4 nitrogen and oxygen atoms in total. The summed E-state index contributed by atoms with van der Waals surface area (Å²) in [5.41, 5.74) is 1.14. The van der Waals surface area contributed by atoms with Gasteiger partial charge in [0.05, 0.1) is 0 Å². The molecule has 0 radical (unpaired) electrons. The third kappa shape index (κ3) is 7.36.